The zero-order valence-electron chi connectivity index (χ0n) is 14.5. The predicted molar refractivity (Wildman–Crippen MR) is 108 cm³/mol. The van der Waals surface area contributed by atoms with Gasteiger partial charge in [0.05, 0.1) is 0 Å². The molecule has 5 heteroatoms. The van der Waals surface area contributed by atoms with Gasteiger partial charge in [-0.05, 0) is 36.9 Å². The van der Waals surface area contributed by atoms with Crippen LogP contribution in [0.4, 0.5) is 0 Å². The van der Waals surface area contributed by atoms with E-state index in [1.165, 1.54) is 69.8 Å². The third-order valence-electron chi connectivity index (χ3n) is 4.26. The highest BCUT2D eigenvalue weighted by molar-refractivity contribution is 7.64. The lowest BCUT2D eigenvalue weighted by Crippen LogP contribution is -2.07. The summed E-state index contributed by atoms with van der Waals surface area (Å²) < 4.78 is 2.35. The quantitative estimate of drug-likeness (QED) is 0.173. The summed E-state index contributed by atoms with van der Waals surface area (Å²) in [5.74, 6) is 0. The van der Waals surface area contributed by atoms with Gasteiger partial charge < -0.3 is 4.57 Å². The van der Waals surface area contributed by atoms with Crippen LogP contribution in [-0.4, -0.2) is 10.6 Å². The van der Waals surface area contributed by atoms with Crippen LogP contribution in [0.5, 0.6) is 0 Å². The third-order valence-corrected chi connectivity index (χ3v) is 6.88. The van der Waals surface area contributed by atoms with Crippen molar-refractivity contribution in [3.05, 3.63) is 24.0 Å². The lowest BCUT2D eigenvalue weighted by Gasteiger charge is -2.07. The molecule has 0 aliphatic carbocycles. The zero-order valence-corrected chi connectivity index (χ0v) is 17.8. The molecule has 134 valence electrons. The topological polar surface area (TPSA) is 4.93 Å². The van der Waals surface area contributed by atoms with E-state index in [1.54, 1.807) is 0 Å². The molecule has 0 atom stereocenters. The molecule has 0 spiro atoms. The van der Waals surface area contributed by atoms with Gasteiger partial charge in [0.1, 0.15) is 0 Å². The second-order valence-corrected chi connectivity index (χ2v) is 15.8. The Kier molecular flexibility index (Phi) is 11.8. The van der Waals surface area contributed by atoms with Gasteiger partial charge in [0.2, 0.25) is 0 Å². The molecule has 0 amide bonds. The maximum Gasteiger partial charge on any atom is 0.341 e. The first-order valence-corrected chi connectivity index (χ1v) is 14.5. The molecule has 1 aromatic heterocycles. The number of halogens is 3. The van der Waals surface area contributed by atoms with Gasteiger partial charge >= 0.3 is 6.00 Å². The Morgan fingerprint density at radius 1 is 0.870 bits per heavy atom. The van der Waals surface area contributed by atoms with Crippen LogP contribution in [0.15, 0.2) is 18.5 Å². The molecule has 0 aromatic carbocycles. The van der Waals surface area contributed by atoms with Gasteiger partial charge in [-0.25, -0.2) is 0 Å². The normalized spacial score (nSPS) is 12.0. The molecule has 23 heavy (non-hydrogen) atoms. The second-order valence-electron chi connectivity index (χ2n) is 6.55. The molecule has 1 nitrogen and oxygen atoms in total. The van der Waals surface area contributed by atoms with E-state index in [2.05, 4.69) is 30.0 Å². The average molecular weight is 397 g/mol. The van der Waals surface area contributed by atoms with E-state index in [1.807, 2.05) is 0 Å². The van der Waals surface area contributed by atoms with Crippen molar-refractivity contribution >= 4 is 39.2 Å². The number of hydrogen-bond donors (Lipinski definition) is 0. The molecule has 0 N–H and O–H groups in total. The van der Waals surface area contributed by atoms with Crippen LogP contribution in [0.25, 0.3) is 0 Å². The summed E-state index contributed by atoms with van der Waals surface area (Å²) in [5.41, 5.74) is 1.50. The molecular formula is C18H32Cl3NSi. The number of aryl methyl sites for hydroxylation is 2. The molecule has 0 saturated heterocycles. The Morgan fingerprint density at radius 2 is 1.52 bits per heavy atom. The summed E-state index contributed by atoms with van der Waals surface area (Å²) in [6, 6.07) is 0.716. The summed E-state index contributed by atoms with van der Waals surface area (Å²) in [6.45, 7) is 3.41. The van der Waals surface area contributed by atoms with E-state index in [0.717, 1.165) is 19.0 Å². The molecule has 0 aliphatic heterocycles. The summed E-state index contributed by atoms with van der Waals surface area (Å²) in [7, 11) is 0. The molecule has 0 fully saturated rings. The lowest BCUT2D eigenvalue weighted by atomic mass is 10.1. The zero-order chi connectivity index (χ0) is 17.0. The van der Waals surface area contributed by atoms with Crippen LogP contribution in [0, 0.1) is 0 Å². The Balaban J connectivity index is 1.98. The molecule has 0 saturated carbocycles. The molecule has 0 unspecified atom stereocenters. The van der Waals surface area contributed by atoms with Gasteiger partial charge in [0.15, 0.2) is 0 Å². The van der Waals surface area contributed by atoms with Crippen LogP contribution in [0.3, 0.4) is 0 Å². The van der Waals surface area contributed by atoms with Crippen LogP contribution in [0.1, 0.15) is 76.7 Å². The maximum absolute atomic E-state index is 5.88. The van der Waals surface area contributed by atoms with Gasteiger partial charge in [0, 0.05) is 18.9 Å². The first-order valence-electron chi connectivity index (χ1n) is 9.22. The van der Waals surface area contributed by atoms with Crippen molar-refractivity contribution in [3.63, 3.8) is 0 Å². The van der Waals surface area contributed by atoms with Crippen molar-refractivity contribution in [2.45, 2.75) is 90.1 Å². The van der Waals surface area contributed by atoms with Crippen molar-refractivity contribution < 1.29 is 0 Å². The predicted octanol–water partition coefficient (Wildman–Crippen LogP) is 7.61. The molecule has 1 rings (SSSR count). The number of hydrogen-bond acceptors (Lipinski definition) is 0. The van der Waals surface area contributed by atoms with Gasteiger partial charge in [-0.3, -0.25) is 0 Å². The minimum Gasteiger partial charge on any atom is -0.354 e. The number of rotatable bonds is 14. The monoisotopic (exact) mass is 395 g/mol. The van der Waals surface area contributed by atoms with Gasteiger partial charge in [0.25, 0.3) is 0 Å². The summed E-state index contributed by atoms with van der Waals surface area (Å²) in [5, 5.41) is 0. The average Bonchev–Trinajstić information content (AvgIpc) is 2.93. The van der Waals surface area contributed by atoms with Crippen LogP contribution in [0.2, 0.25) is 6.04 Å². The van der Waals surface area contributed by atoms with E-state index >= 15 is 0 Å². The Morgan fingerprint density at radius 3 is 2.22 bits per heavy atom. The first-order chi connectivity index (χ1) is 11.0. The summed E-state index contributed by atoms with van der Waals surface area (Å²) in [4.78, 5) is 0. The number of aromatic nitrogens is 1. The van der Waals surface area contributed by atoms with E-state index in [0.29, 0.717) is 0 Å². The Hall–Kier alpha value is 0.367. The Labute approximate surface area is 157 Å². The van der Waals surface area contributed by atoms with Crippen molar-refractivity contribution in [2.24, 2.45) is 0 Å². The van der Waals surface area contributed by atoms with Crippen molar-refractivity contribution in [2.75, 3.05) is 0 Å². The fraction of sp³-hybridized carbons (Fsp3) is 0.778. The highest BCUT2D eigenvalue weighted by Crippen LogP contribution is 2.27. The third kappa shape index (κ3) is 12.4. The van der Waals surface area contributed by atoms with Crippen LogP contribution >= 0.6 is 33.2 Å². The molecule has 0 bridgehead atoms. The minimum absolute atomic E-state index is 0.808. The SMILES string of the molecule is CCCCCCc1ccn(CCCCCCCC[Si](Cl)(Cl)Cl)c1. The van der Waals surface area contributed by atoms with Gasteiger partial charge in [-0.1, -0.05) is 58.3 Å². The molecule has 0 aliphatic rings. The summed E-state index contributed by atoms with van der Waals surface area (Å²) in [6.07, 6.45) is 18.6. The second kappa shape index (κ2) is 12.7. The fourth-order valence-corrected chi connectivity index (χ4v) is 4.71. The maximum atomic E-state index is 5.88. The number of unbranched alkanes of at least 4 members (excludes halogenated alkanes) is 8. The van der Waals surface area contributed by atoms with E-state index in [4.69, 9.17) is 33.2 Å². The van der Waals surface area contributed by atoms with Crippen LogP contribution < -0.4 is 0 Å². The Bertz CT molecular complexity index is 401. The van der Waals surface area contributed by atoms with Gasteiger partial charge in [-0.2, -0.15) is 0 Å². The molecule has 0 radical (unpaired) electrons. The first kappa shape index (κ1) is 21.4. The summed E-state index contributed by atoms with van der Waals surface area (Å²) >= 11 is 17.6. The van der Waals surface area contributed by atoms with Crippen molar-refractivity contribution in [1.29, 1.82) is 0 Å². The standard InChI is InChI=1S/C18H32Cl3NSi/c1-2-3-4-9-12-18-13-15-22(17-18)14-10-7-5-6-8-11-16-23(19,20)21/h13,15,17H,2-12,14,16H2,1H3. The van der Waals surface area contributed by atoms with E-state index < -0.39 is 6.00 Å². The minimum atomic E-state index is -2.38. The molecule has 1 aromatic rings. The van der Waals surface area contributed by atoms with E-state index in [9.17, 15) is 0 Å². The number of nitrogens with zero attached hydrogens (tertiary/aromatic N) is 1. The largest absolute Gasteiger partial charge is 0.354 e. The van der Waals surface area contributed by atoms with Gasteiger partial charge in [-0.15, -0.1) is 33.2 Å². The fourth-order valence-electron chi connectivity index (χ4n) is 2.86. The highest BCUT2D eigenvalue weighted by atomic mass is 35.8. The van der Waals surface area contributed by atoms with Crippen LogP contribution in [-0.2, 0) is 13.0 Å². The van der Waals surface area contributed by atoms with Crippen molar-refractivity contribution in [3.8, 4) is 0 Å². The molecular weight excluding hydrogens is 365 g/mol. The van der Waals surface area contributed by atoms with Crippen molar-refractivity contribution in [1.82, 2.24) is 4.57 Å². The molecule has 1 heterocycles. The highest BCUT2D eigenvalue weighted by Gasteiger charge is 2.23. The van der Waals surface area contributed by atoms with E-state index in [-0.39, 0.29) is 0 Å². The smallest absolute Gasteiger partial charge is 0.341 e. The lowest BCUT2D eigenvalue weighted by molar-refractivity contribution is 0.558.